The first-order valence-corrected chi connectivity index (χ1v) is 25.3. The van der Waals surface area contributed by atoms with Gasteiger partial charge < -0.3 is 14.2 Å². The van der Waals surface area contributed by atoms with Crippen LogP contribution in [0.25, 0.3) is 0 Å². The summed E-state index contributed by atoms with van der Waals surface area (Å²) in [4.78, 5) is 37.9. The van der Waals surface area contributed by atoms with Gasteiger partial charge in [-0.2, -0.15) is 0 Å². The van der Waals surface area contributed by atoms with Crippen LogP contribution in [0, 0.1) is 11.8 Å². The molecule has 0 N–H and O–H groups in total. The third-order valence-corrected chi connectivity index (χ3v) is 11.8. The predicted octanol–water partition coefficient (Wildman–Crippen LogP) is 16.1. The topological polar surface area (TPSA) is 78.9 Å². The molecule has 0 saturated heterocycles. The van der Waals surface area contributed by atoms with Crippen LogP contribution in [-0.2, 0) is 28.6 Å². The maximum atomic E-state index is 12.7. The minimum Gasteiger partial charge on any atom is -0.462 e. The summed E-state index contributed by atoms with van der Waals surface area (Å²) in [6, 6.07) is 0. The van der Waals surface area contributed by atoms with Crippen molar-refractivity contribution in [3.63, 3.8) is 0 Å². The molecule has 6 nitrogen and oxygen atoms in total. The Kier molecular flexibility index (Phi) is 42.7. The Hall–Kier alpha value is -1.59. The maximum absolute atomic E-state index is 12.7. The molecule has 57 heavy (non-hydrogen) atoms. The van der Waals surface area contributed by atoms with Crippen LogP contribution in [0.3, 0.4) is 0 Å². The fourth-order valence-electron chi connectivity index (χ4n) is 7.60. The van der Waals surface area contributed by atoms with Crippen molar-refractivity contribution in [1.82, 2.24) is 0 Å². The van der Waals surface area contributed by atoms with Crippen LogP contribution in [0.1, 0.15) is 279 Å². The summed E-state index contributed by atoms with van der Waals surface area (Å²) in [5, 5.41) is 0. The van der Waals surface area contributed by atoms with Gasteiger partial charge in [0.15, 0.2) is 6.10 Å². The standard InChI is InChI=1S/C51H98O6/c1-6-8-9-10-11-12-16-20-26-31-36-41-49(52)55-44-48(57-51(54)43-38-33-28-23-22-25-30-35-40-47(5)7-2)45-56-50(53)42-37-32-27-21-18-15-13-14-17-19-24-29-34-39-46(3)4/h46-48H,6-45H2,1-5H3/t47?,48-/m1/s1. The van der Waals surface area contributed by atoms with E-state index in [0.29, 0.717) is 19.3 Å². The van der Waals surface area contributed by atoms with Gasteiger partial charge in [0.05, 0.1) is 0 Å². The van der Waals surface area contributed by atoms with E-state index in [1.165, 1.54) is 167 Å². The summed E-state index contributed by atoms with van der Waals surface area (Å²) in [6.45, 7) is 11.4. The number of ether oxygens (including phenoxy) is 3. The first-order chi connectivity index (χ1) is 27.8. The second-order valence-electron chi connectivity index (χ2n) is 18.2. The Balaban J connectivity index is 4.30. The van der Waals surface area contributed by atoms with Gasteiger partial charge in [-0.25, -0.2) is 0 Å². The van der Waals surface area contributed by atoms with Gasteiger partial charge in [-0.05, 0) is 31.1 Å². The molecule has 0 radical (unpaired) electrons. The number of hydrogen-bond donors (Lipinski definition) is 0. The minimum atomic E-state index is -0.761. The van der Waals surface area contributed by atoms with E-state index in [1.54, 1.807) is 0 Å². The predicted molar refractivity (Wildman–Crippen MR) is 243 cm³/mol. The van der Waals surface area contributed by atoms with Crippen molar-refractivity contribution in [2.75, 3.05) is 13.2 Å². The largest absolute Gasteiger partial charge is 0.462 e. The maximum Gasteiger partial charge on any atom is 0.306 e. The molecule has 0 aliphatic carbocycles. The molecule has 0 aliphatic heterocycles. The molecule has 0 aromatic carbocycles. The average molecular weight is 807 g/mol. The quantitative estimate of drug-likeness (QED) is 0.0346. The van der Waals surface area contributed by atoms with Crippen LogP contribution in [0.5, 0.6) is 0 Å². The van der Waals surface area contributed by atoms with E-state index < -0.39 is 6.10 Å². The summed E-state index contributed by atoms with van der Waals surface area (Å²) in [7, 11) is 0. The molecule has 2 atom stereocenters. The van der Waals surface area contributed by atoms with Crippen LogP contribution >= 0.6 is 0 Å². The van der Waals surface area contributed by atoms with Gasteiger partial charge in [0.25, 0.3) is 0 Å². The van der Waals surface area contributed by atoms with Gasteiger partial charge in [-0.3, -0.25) is 14.4 Å². The van der Waals surface area contributed by atoms with E-state index in [1.807, 2.05) is 0 Å². The molecule has 1 unspecified atom stereocenters. The molecule has 0 bridgehead atoms. The van der Waals surface area contributed by atoms with E-state index in [2.05, 4.69) is 34.6 Å². The molecule has 0 rings (SSSR count). The third kappa shape index (κ3) is 43.8. The Labute approximate surface area is 355 Å². The first kappa shape index (κ1) is 55.4. The van der Waals surface area contributed by atoms with Gasteiger partial charge in [-0.1, -0.05) is 240 Å². The van der Waals surface area contributed by atoms with Gasteiger partial charge in [0.2, 0.25) is 0 Å². The molecular weight excluding hydrogens is 709 g/mol. The Bertz CT molecular complexity index is 872. The Morgan fingerprint density at radius 1 is 0.368 bits per heavy atom. The van der Waals surface area contributed by atoms with E-state index >= 15 is 0 Å². The van der Waals surface area contributed by atoms with Crippen molar-refractivity contribution < 1.29 is 28.6 Å². The lowest BCUT2D eigenvalue weighted by Crippen LogP contribution is -2.30. The normalized spacial score (nSPS) is 12.5. The highest BCUT2D eigenvalue weighted by molar-refractivity contribution is 5.71. The molecule has 338 valence electrons. The summed E-state index contributed by atoms with van der Waals surface area (Å²) < 4.78 is 16.8. The van der Waals surface area contributed by atoms with E-state index in [-0.39, 0.29) is 31.1 Å². The SMILES string of the molecule is CCCCCCCCCCCCCC(=O)OC[C@H](COC(=O)CCCCCCCCCCCCCCCC(C)C)OC(=O)CCCCCCCCCCC(C)CC. The lowest BCUT2D eigenvalue weighted by molar-refractivity contribution is -0.167. The summed E-state index contributed by atoms with van der Waals surface area (Å²) in [5.41, 5.74) is 0. The van der Waals surface area contributed by atoms with E-state index in [4.69, 9.17) is 14.2 Å². The highest BCUT2D eigenvalue weighted by atomic mass is 16.6. The van der Waals surface area contributed by atoms with Gasteiger partial charge in [0, 0.05) is 19.3 Å². The first-order valence-electron chi connectivity index (χ1n) is 25.3. The summed E-state index contributed by atoms with van der Waals surface area (Å²) in [5.74, 6) is 0.833. The van der Waals surface area contributed by atoms with Gasteiger partial charge in [-0.15, -0.1) is 0 Å². The van der Waals surface area contributed by atoms with Crippen molar-refractivity contribution in [2.45, 2.75) is 285 Å². The summed E-state index contributed by atoms with van der Waals surface area (Å²) in [6.07, 6.45) is 43.7. The van der Waals surface area contributed by atoms with Crippen molar-refractivity contribution in [3.8, 4) is 0 Å². The zero-order valence-electron chi connectivity index (χ0n) is 39.0. The average Bonchev–Trinajstić information content (AvgIpc) is 3.19. The molecule has 0 saturated carbocycles. The number of carbonyl (C=O) groups excluding carboxylic acids is 3. The molecule has 0 fully saturated rings. The molecule has 0 heterocycles. The molecule has 0 aromatic rings. The molecule has 0 spiro atoms. The fourth-order valence-corrected chi connectivity index (χ4v) is 7.60. The number of rotatable bonds is 45. The Morgan fingerprint density at radius 3 is 1.00 bits per heavy atom. The second kappa shape index (κ2) is 44.0. The zero-order chi connectivity index (χ0) is 41.9. The van der Waals surface area contributed by atoms with E-state index in [0.717, 1.165) is 69.6 Å². The van der Waals surface area contributed by atoms with Crippen molar-refractivity contribution >= 4 is 17.9 Å². The number of unbranched alkanes of at least 4 members (excludes halogenated alkanes) is 29. The van der Waals surface area contributed by atoms with Crippen LogP contribution in [-0.4, -0.2) is 37.2 Å². The van der Waals surface area contributed by atoms with Gasteiger partial charge >= 0.3 is 17.9 Å². The second-order valence-corrected chi connectivity index (χ2v) is 18.2. The number of carbonyl (C=O) groups is 3. The van der Waals surface area contributed by atoms with Crippen LogP contribution in [0.15, 0.2) is 0 Å². The molecule has 0 aliphatic rings. The van der Waals surface area contributed by atoms with Crippen LogP contribution in [0.2, 0.25) is 0 Å². The highest BCUT2D eigenvalue weighted by Gasteiger charge is 2.19. The lowest BCUT2D eigenvalue weighted by Gasteiger charge is -2.18. The van der Waals surface area contributed by atoms with Crippen molar-refractivity contribution in [2.24, 2.45) is 11.8 Å². The lowest BCUT2D eigenvalue weighted by atomic mass is 9.99. The van der Waals surface area contributed by atoms with Gasteiger partial charge in [0.1, 0.15) is 13.2 Å². The Morgan fingerprint density at radius 2 is 0.667 bits per heavy atom. The minimum absolute atomic E-state index is 0.0642. The number of hydrogen-bond acceptors (Lipinski definition) is 6. The fraction of sp³-hybridized carbons (Fsp3) is 0.941. The molecular formula is C51H98O6. The smallest absolute Gasteiger partial charge is 0.306 e. The summed E-state index contributed by atoms with van der Waals surface area (Å²) >= 11 is 0. The molecule has 6 heteroatoms. The van der Waals surface area contributed by atoms with E-state index in [9.17, 15) is 14.4 Å². The van der Waals surface area contributed by atoms with Crippen LogP contribution in [0.4, 0.5) is 0 Å². The number of esters is 3. The van der Waals surface area contributed by atoms with Crippen LogP contribution < -0.4 is 0 Å². The molecule has 0 amide bonds. The van der Waals surface area contributed by atoms with Crippen molar-refractivity contribution in [1.29, 1.82) is 0 Å². The third-order valence-electron chi connectivity index (χ3n) is 11.8. The van der Waals surface area contributed by atoms with Crippen molar-refractivity contribution in [3.05, 3.63) is 0 Å². The monoisotopic (exact) mass is 807 g/mol. The highest BCUT2D eigenvalue weighted by Crippen LogP contribution is 2.18. The molecule has 0 aromatic heterocycles. The zero-order valence-corrected chi connectivity index (χ0v) is 39.0.